The Morgan fingerprint density at radius 1 is 1.27 bits per heavy atom. The van der Waals surface area contributed by atoms with E-state index in [2.05, 4.69) is 10.2 Å². The zero-order valence-corrected chi connectivity index (χ0v) is 9.16. The van der Waals surface area contributed by atoms with Gasteiger partial charge in [0.2, 0.25) is 5.91 Å². The summed E-state index contributed by atoms with van der Waals surface area (Å²) in [5.41, 5.74) is 0.650. The minimum absolute atomic E-state index is 0.0950. The van der Waals surface area contributed by atoms with E-state index in [0.29, 0.717) is 0 Å². The normalized spacial score (nSPS) is 19.9. The van der Waals surface area contributed by atoms with E-state index < -0.39 is 5.54 Å². The fourth-order valence-corrected chi connectivity index (χ4v) is 1.96. The van der Waals surface area contributed by atoms with Crippen molar-refractivity contribution in [2.75, 3.05) is 18.0 Å². The summed E-state index contributed by atoms with van der Waals surface area (Å²) in [7, 11) is 0. The molecule has 1 aromatic rings. The van der Waals surface area contributed by atoms with Gasteiger partial charge in [-0.1, -0.05) is 18.2 Å². The Hall–Kier alpha value is -1.51. The van der Waals surface area contributed by atoms with Crippen LogP contribution in [0.4, 0.5) is 5.69 Å². The maximum absolute atomic E-state index is 11.7. The van der Waals surface area contributed by atoms with Gasteiger partial charge in [-0.25, -0.2) is 0 Å². The van der Waals surface area contributed by atoms with Crippen molar-refractivity contribution in [3.63, 3.8) is 0 Å². The quantitative estimate of drug-likeness (QED) is 0.750. The number of benzene rings is 1. The zero-order valence-electron chi connectivity index (χ0n) is 9.16. The first-order valence-corrected chi connectivity index (χ1v) is 5.23. The highest BCUT2D eigenvalue weighted by atomic mass is 16.2. The number of para-hydroxylation sites is 1. The maximum atomic E-state index is 11.7. The molecule has 2 rings (SSSR count). The van der Waals surface area contributed by atoms with E-state index in [1.54, 1.807) is 0 Å². The zero-order chi connectivity index (χ0) is 10.9. The fraction of sp³-hybridized carbons (Fsp3) is 0.417. The van der Waals surface area contributed by atoms with Crippen molar-refractivity contribution in [3.8, 4) is 0 Å². The molecule has 0 saturated carbocycles. The van der Waals surface area contributed by atoms with Crippen molar-refractivity contribution < 1.29 is 4.79 Å². The molecule has 1 N–H and O–H groups in total. The number of carbonyl (C=O) groups is 1. The van der Waals surface area contributed by atoms with Gasteiger partial charge in [-0.2, -0.15) is 0 Å². The number of rotatable bonds is 1. The van der Waals surface area contributed by atoms with Gasteiger partial charge in [-0.15, -0.1) is 0 Å². The summed E-state index contributed by atoms with van der Waals surface area (Å²) < 4.78 is 0. The third-order valence-electron chi connectivity index (χ3n) is 2.92. The molecular weight excluding hydrogens is 188 g/mol. The highest BCUT2D eigenvalue weighted by molar-refractivity contribution is 5.90. The average molecular weight is 204 g/mol. The van der Waals surface area contributed by atoms with Gasteiger partial charge in [0, 0.05) is 18.8 Å². The predicted octanol–water partition coefficient (Wildman–Crippen LogP) is 1.40. The summed E-state index contributed by atoms with van der Waals surface area (Å²) in [6.45, 7) is 5.49. The van der Waals surface area contributed by atoms with Gasteiger partial charge in [0.25, 0.3) is 0 Å². The van der Waals surface area contributed by atoms with E-state index in [1.165, 1.54) is 0 Å². The molecule has 1 saturated heterocycles. The Bertz CT molecular complexity index is 359. The summed E-state index contributed by atoms with van der Waals surface area (Å²) in [5, 5.41) is 2.89. The second-order valence-electron chi connectivity index (χ2n) is 4.30. The van der Waals surface area contributed by atoms with Crippen molar-refractivity contribution in [2.24, 2.45) is 0 Å². The lowest BCUT2D eigenvalue weighted by Gasteiger charge is -2.42. The number of anilines is 1. The fourth-order valence-electron chi connectivity index (χ4n) is 1.96. The molecule has 80 valence electrons. The molecule has 1 amide bonds. The Balaban J connectivity index is 2.32. The van der Waals surface area contributed by atoms with Crippen molar-refractivity contribution in [2.45, 2.75) is 19.4 Å². The average Bonchev–Trinajstić information content (AvgIpc) is 2.23. The van der Waals surface area contributed by atoms with E-state index in [-0.39, 0.29) is 5.91 Å². The van der Waals surface area contributed by atoms with E-state index in [4.69, 9.17) is 0 Å². The first-order chi connectivity index (χ1) is 7.12. The smallest absolute Gasteiger partial charge is 0.245 e. The highest BCUT2D eigenvalue weighted by Crippen LogP contribution is 2.25. The molecule has 0 bridgehead atoms. The molecular formula is C12H16N2O. The number of hydrogen-bond acceptors (Lipinski definition) is 2. The van der Waals surface area contributed by atoms with Crippen molar-refractivity contribution >= 4 is 11.6 Å². The topological polar surface area (TPSA) is 32.3 Å². The number of amides is 1. The Morgan fingerprint density at radius 3 is 2.60 bits per heavy atom. The third-order valence-corrected chi connectivity index (χ3v) is 2.92. The van der Waals surface area contributed by atoms with Gasteiger partial charge < -0.3 is 10.2 Å². The molecule has 1 aliphatic heterocycles. The lowest BCUT2D eigenvalue weighted by Crippen LogP contribution is -2.62. The van der Waals surface area contributed by atoms with Crippen LogP contribution >= 0.6 is 0 Å². The number of hydrogen-bond donors (Lipinski definition) is 1. The van der Waals surface area contributed by atoms with Gasteiger partial charge in [-0.05, 0) is 26.0 Å². The number of carbonyl (C=O) groups excluding carboxylic acids is 1. The van der Waals surface area contributed by atoms with E-state index in [9.17, 15) is 4.79 Å². The second kappa shape index (κ2) is 3.57. The van der Waals surface area contributed by atoms with Crippen molar-refractivity contribution in [1.29, 1.82) is 0 Å². The van der Waals surface area contributed by atoms with Gasteiger partial charge in [0.05, 0.1) is 0 Å². The van der Waals surface area contributed by atoms with Crippen LogP contribution in [-0.2, 0) is 4.79 Å². The lowest BCUT2D eigenvalue weighted by atomic mass is 9.98. The van der Waals surface area contributed by atoms with Crippen LogP contribution in [0, 0.1) is 0 Å². The van der Waals surface area contributed by atoms with Crippen LogP contribution in [0.25, 0.3) is 0 Å². The van der Waals surface area contributed by atoms with Gasteiger partial charge in [-0.3, -0.25) is 4.79 Å². The molecule has 3 heteroatoms. The molecule has 0 radical (unpaired) electrons. The van der Waals surface area contributed by atoms with Crippen LogP contribution in [0.15, 0.2) is 30.3 Å². The molecule has 0 unspecified atom stereocenters. The minimum atomic E-state index is -0.459. The molecule has 0 atom stereocenters. The summed E-state index contributed by atoms with van der Waals surface area (Å²) >= 11 is 0. The SMILES string of the molecule is CC1(C)C(=O)NCCN1c1ccccc1. The van der Waals surface area contributed by atoms with Gasteiger partial charge >= 0.3 is 0 Å². The van der Waals surface area contributed by atoms with Crippen molar-refractivity contribution in [3.05, 3.63) is 30.3 Å². The monoisotopic (exact) mass is 204 g/mol. The molecule has 0 spiro atoms. The molecule has 1 aliphatic rings. The van der Waals surface area contributed by atoms with Gasteiger partial charge in [0.15, 0.2) is 0 Å². The summed E-state index contributed by atoms with van der Waals surface area (Å²) in [4.78, 5) is 13.9. The van der Waals surface area contributed by atoms with Crippen LogP contribution in [0.1, 0.15) is 13.8 Å². The first kappa shape index (κ1) is 10.0. The molecule has 0 aliphatic carbocycles. The minimum Gasteiger partial charge on any atom is -0.356 e. The Kier molecular flexibility index (Phi) is 2.39. The van der Waals surface area contributed by atoms with Crippen LogP contribution in [0.5, 0.6) is 0 Å². The Labute approximate surface area is 90.1 Å². The molecule has 1 aromatic carbocycles. The van der Waals surface area contributed by atoms with E-state index >= 15 is 0 Å². The van der Waals surface area contributed by atoms with E-state index in [1.807, 2.05) is 44.2 Å². The number of nitrogens with one attached hydrogen (secondary N) is 1. The predicted molar refractivity (Wildman–Crippen MR) is 60.9 cm³/mol. The Morgan fingerprint density at radius 2 is 1.93 bits per heavy atom. The van der Waals surface area contributed by atoms with Crippen LogP contribution in [0.2, 0.25) is 0 Å². The molecule has 15 heavy (non-hydrogen) atoms. The van der Waals surface area contributed by atoms with Crippen LogP contribution < -0.4 is 10.2 Å². The second-order valence-corrected chi connectivity index (χ2v) is 4.30. The lowest BCUT2D eigenvalue weighted by molar-refractivity contribution is -0.126. The molecule has 3 nitrogen and oxygen atoms in total. The van der Waals surface area contributed by atoms with Crippen molar-refractivity contribution in [1.82, 2.24) is 5.32 Å². The molecule has 0 aromatic heterocycles. The number of piperazine rings is 1. The first-order valence-electron chi connectivity index (χ1n) is 5.23. The molecule has 1 heterocycles. The van der Waals surface area contributed by atoms with Crippen LogP contribution in [-0.4, -0.2) is 24.5 Å². The van der Waals surface area contributed by atoms with E-state index in [0.717, 1.165) is 18.8 Å². The summed E-state index contributed by atoms with van der Waals surface area (Å²) in [5.74, 6) is 0.0950. The standard InChI is InChI=1S/C12H16N2O/c1-12(2)11(15)13-8-9-14(12)10-6-4-3-5-7-10/h3-7H,8-9H2,1-2H3,(H,13,15). The van der Waals surface area contributed by atoms with Crippen LogP contribution in [0.3, 0.4) is 0 Å². The summed E-state index contributed by atoms with van der Waals surface area (Å²) in [6, 6.07) is 10.1. The highest BCUT2D eigenvalue weighted by Gasteiger charge is 2.37. The number of nitrogens with zero attached hydrogens (tertiary/aromatic N) is 1. The van der Waals surface area contributed by atoms with Gasteiger partial charge in [0.1, 0.15) is 5.54 Å². The largest absolute Gasteiger partial charge is 0.356 e. The summed E-state index contributed by atoms with van der Waals surface area (Å²) in [6.07, 6.45) is 0. The maximum Gasteiger partial charge on any atom is 0.245 e. The molecule has 1 fully saturated rings. The third kappa shape index (κ3) is 1.69.